The number of carbonyl (C=O) groups is 1. The molecule has 106 valence electrons. The summed E-state index contributed by atoms with van der Waals surface area (Å²) in [6.45, 7) is 7.46. The van der Waals surface area contributed by atoms with Crippen molar-refractivity contribution in [1.29, 1.82) is 0 Å². The predicted octanol–water partition coefficient (Wildman–Crippen LogP) is 1.02. The number of hydrogen-bond donors (Lipinski definition) is 3. The summed E-state index contributed by atoms with van der Waals surface area (Å²) in [4.78, 5) is 15.7. The van der Waals surface area contributed by atoms with Crippen LogP contribution in [0.4, 0.5) is 0 Å². The lowest BCUT2D eigenvalue weighted by atomic mass is 10.1. The molecule has 0 radical (unpaired) electrons. The maximum absolute atomic E-state index is 11.6. The van der Waals surface area contributed by atoms with E-state index < -0.39 is 6.04 Å². The van der Waals surface area contributed by atoms with Crippen LogP contribution in [0.1, 0.15) is 46.5 Å². The molecule has 1 unspecified atom stereocenters. The smallest absolute Gasteiger partial charge is 0.236 e. The number of aliphatic imine (C=N–C) groups is 1. The molecule has 0 aromatic rings. The zero-order chi connectivity index (χ0) is 14.0. The van der Waals surface area contributed by atoms with Gasteiger partial charge in [0.1, 0.15) is 0 Å². The Morgan fingerprint density at radius 2 is 1.94 bits per heavy atom. The first-order valence-electron chi connectivity index (χ1n) is 6.73. The van der Waals surface area contributed by atoms with E-state index in [0.29, 0.717) is 31.3 Å². The monoisotopic (exact) mass is 256 g/mol. The van der Waals surface area contributed by atoms with Crippen molar-refractivity contribution in [2.45, 2.75) is 52.5 Å². The largest absolute Gasteiger partial charge is 0.388 e. The van der Waals surface area contributed by atoms with E-state index in [9.17, 15) is 4.79 Å². The van der Waals surface area contributed by atoms with Gasteiger partial charge in [0.15, 0.2) is 0 Å². The van der Waals surface area contributed by atoms with Crippen LogP contribution in [0.5, 0.6) is 0 Å². The first-order chi connectivity index (χ1) is 8.43. The zero-order valence-corrected chi connectivity index (χ0v) is 11.9. The molecule has 0 aliphatic heterocycles. The molecule has 0 bridgehead atoms. The fraction of sp³-hybridized carbons (Fsp3) is 0.846. The second kappa shape index (κ2) is 9.88. The molecule has 18 heavy (non-hydrogen) atoms. The molecular formula is C13H28N4O. The summed E-state index contributed by atoms with van der Waals surface area (Å²) < 4.78 is 0. The van der Waals surface area contributed by atoms with Gasteiger partial charge in [-0.05, 0) is 38.5 Å². The van der Waals surface area contributed by atoms with E-state index >= 15 is 0 Å². The van der Waals surface area contributed by atoms with Crippen molar-refractivity contribution < 1.29 is 4.79 Å². The van der Waals surface area contributed by atoms with Gasteiger partial charge in [-0.15, -0.1) is 0 Å². The van der Waals surface area contributed by atoms with Gasteiger partial charge in [0.25, 0.3) is 0 Å². The van der Waals surface area contributed by atoms with Gasteiger partial charge >= 0.3 is 0 Å². The van der Waals surface area contributed by atoms with Crippen molar-refractivity contribution in [2.24, 2.45) is 22.4 Å². The van der Waals surface area contributed by atoms with Crippen LogP contribution in [0.15, 0.2) is 4.99 Å². The van der Waals surface area contributed by atoms with Crippen molar-refractivity contribution in [3.63, 3.8) is 0 Å². The van der Waals surface area contributed by atoms with E-state index in [1.807, 2.05) is 0 Å². The third kappa shape index (κ3) is 10.1. The first kappa shape index (κ1) is 16.9. The number of nitrogens with one attached hydrogen (secondary N) is 1. The van der Waals surface area contributed by atoms with Gasteiger partial charge < -0.3 is 16.8 Å². The molecular weight excluding hydrogens is 228 g/mol. The number of hydrogen-bond acceptors (Lipinski definition) is 3. The normalized spacial score (nSPS) is 13.7. The predicted molar refractivity (Wildman–Crippen MR) is 76.5 cm³/mol. The van der Waals surface area contributed by atoms with Gasteiger partial charge in [-0.25, -0.2) is 0 Å². The minimum Gasteiger partial charge on any atom is -0.388 e. The van der Waals surface area contributed by atoms with Crippen molar-refractivity contribution in [3.8, 4) is 0 Å². The SMILES string of the molecule is CC(N)=NCCCCC(N)C(=O)NCCC(C)C. The number of nitrogens with zero attached hydrogens (tertiary/aromatic N) is 1. The standard InChI is InChI=1S/C13H28N4O/c1-10(2)7-9-17-13(18)12(15)6-4-5-8-16-11(3)14/h10,12H,4-9,15H2,1-3H3,(H2,14,16)(H,17,18). The van der Waals surface area contributed by atoms with Crippen molar-refractivity contribution >= 4 is 11.7 Å². The molecule has 0 rings (SSSR count). The maximum atomic E-state index is 11.6. The Morgan fingerprint density at radius 3 is 2.50 bits per heavy atom. The number of amidine groups is 1. The second-order valence-electron chi connectivity index (χ2n) is 5.10. The molecule has 5 N–H and O–H groups in total. The Morgan fingerprint density at radius 1 is 1.28 bits per heavy atom. The van der Waals surface area contributed by atoms with E-state index in [1.165, 1.54) is 0 Å². The molecule has 0 aliphatic rings. The fourth-order valence-electron chi connectivity index (χ4n) is 1.48. The highest BCUT2D eigenvalue weighted by Gasteiger charge is 2.12. The van der Waals surface area contributed by atoms with Crippen LogP contribution in [0.2, 0.25) is 0 Å². The second-order valence-corrected chi connectivity index (χ2v) is 5.10. The Bertz CT molecular complexity index is 260. The number of nitrogens with two attached hydrogens (primary N) is 2. The molecule has 1 atom stereocenters. The van der Waals surface area contributed by atoms with Gasteiger partial charge in [0.2, 0.25) is 5.91 Å². The lowest BCUT2D eigenvalue weighted by molar-refractivity contribution is -0.122. The van der Waals surface area contributed by atoms with Crippen LogP contribution in [0, 0.1) is 5.92 Å². The van der Waals surface area contributed by atoms with E-state index in [4.69, 9.17) is 11.5 Å². The number of amides is 1. The molecule has 0 spiro atoms. The molecule has 0 aromatic heterocycles. The average Bonchev–Trinajstić information content (AvgIpc) is 2.27. The van der Waals surface area contributed by atoms with E-state index in [2.05, 4.69) is 24.2 Å². The third-order valence-electron chi connectivity index (χ3n) is 2.64. The maximum Gasteiger partial charge on any atom is 0.236 e. The molecule has 0 saturated heterocycles. The molecule has 0 saturated carbocycles. The number of unbranched alkanes of at least 4 members (excludes halogenated alkanes) is 1. The lowest BCUT2D eigenvalue weighted by Gasteiger charge is -2.12. The quantitative estimate of drug-likeness (QED) is 0.327. The summed E-state index contributed by atoms with van der Waals surface area (Å²) in [6, 6.07) is -0.403. The van der Waals surface area contributed by atoms with Crippen LogP contribution in [0.25, 0.3) is 0 Å². The molecule has 5 heteroatoms. The number of carbonyl (C=O) groups excluding carboxylic acids is 1. The molecule has 0 fully saturated rings. The van der Waals surface area contributed by atoms with E-state index in [-0.39, 0.29) is 5.91 Å². The average molecular weight is 256 g/mol. The molecule has 0 aromatic carbocycles. The highest BCUT2D eigenvalue weighted by atomic mass is 16.2. The van der Waals surface area contributed by atoms with Crippen LogP contribution in [0.3, 0.4) is 0 Å². The first-order valence-corrected chi connectivity index (χ1v) is 6.73. The minimum atomic E-state index is -0.403. The minimum absolute atomic E-state index is 0.0471. The highest BCUT2D eigenvalue weighted by Crippen LogP contribution is 2.01. The fourth-order valence-corrected chi connectivity index (χ4v) is 1.48. The summed E-state index contributed by atoms with van der Waals surface area (Å²) in [6.07, 6.45) is 3.51. The molecule has 1 amide bonds. The van der Waals surface area contributed by atoms with Crippen molar-refractivity contribution in [2.75, 3.05) is 13.1 Å². The van der Waals surface area contributed by atoms with Crippen molar-refractivity contribution in [3.05, 3.63) is 0 Å². The lowest BCUT2D eigenvalue weighted by Crippen LogP contribution is -2.41. The Labute approximate surface area is 110 Å². The van der Waals surface area contributed by atoms with E-state index in [0.717, 1.165) is 19.3 Å². The summed E-state index contributed by atoms with van der Waals surface area (Å²) in [5, 5.41) is 2.86. The molecule has 5 nitrogen and oxygen atoms in total. The molecule has 0 heterocycles. The van der Waals surface area contributed by atoms with Crippen LogP contribution in [-0.4, -0.2) is 30.9 Å². The highest BCUT2D eigenvalue weighted by molar-refractivity contribution is 5.81. The Balaban J connectivity index is 3.59. The zero-order valence-electron chi connectivity index (χ0n) is 11.9. The Kier molecular flexibility index (Phi) is 9.28. The Hall–Kier alpha value is -1.10. The summed E-state index contributed by atoms with van der Waals surface area (Å²) in [5.41, 5.74) is 11.2. The van der Waals surface area contributed by atoms with Gasteiger partial charge in [-0.3, -0.25) is 9.79 Å². The van der Waals surface area contributed by atoms with Gasteiger partial charge in [-0.2, -0.15) is 0 Å². The topological polar surface area (TPSA) is 93.5 Å². The summed E-state index contributed by atoms with van der Waals surface area (Å²) in [7, 11) is 0. The summed E-state index contributed by atoms with van der Waals surface area (Å²) in [5.74, 6) is 1.15. The van der Waals surface area contributed by atoms with Crippen molar-refractivity contribution in [1.82, 2.24) is 5.32 Å². The number of rotatable bonds is 9. The van der Waals surface area contributed by atoms with E-state index in [1.54, 1.807) is 6.92 Å². The van der Waals surface area contributed by atoms with Gasteiger partial charge in [0, 0.05) is 13.1 Å². The van der Waals surface area contributed by atoms with Gasteiger partial charge in [-0.1, -0.05) is 13.8 Å². The van der Waals surface area contributed by atoms with Crippen LogP contribution >= 0.6 is 0 Å². The molecule has 0 aliphatic carbocycles. The summed E-state index contributed by atoms with van der Waals surface area (Å²) >= 11 is 0. The van der Waals surface area contributed by atoms with Crippen LogP contribution in [-0.2, 0) is 4.79 Å². The van der Waals surface area contributed by atoms with Crippen LogP contribution < -0.4 is 16.8 Å². The third-order valence-corrected chi connectivity index (χ3v) is 2.64. The van der Waals surface area contributed by atoms with Gasteiger partial charge in [0.05, 0.1) is 11.9 Å².